The van der Waals surface area contributed by atoms with Crippen LogP contribution in [0.1, 0.15) is 5.56 Å². The standard InChI is InChI=1S/C11H10N6/c1-6-4-13-3-2-7(6)10-16-8-9(12)14-5-15-11(8)17-10/h2-5H,1H3,(H3,12,14,15,16,17). The van der Waals surface area contributed by atoms with Crippen LogP contribution in [0.5, 0.6) is 0 Å². The van der Waals surface area contributed by atoms with Gasteiger partial charge in [0.25, 0.3) is 0 Å². The number of nitrogens with two attached hydrogens (primary N) is 1. The summed E-state index contributed by atoms with van der Waals surface area (Å²) >= 11 is 0. The summed E-state index contributed by atoms with van der Waals surface area (Å²) in [5, 5.41) is 0. The molecule has 0 aliphatic rings. The number of nitrogen functional groups attached to an aromatic ring is 1. The highest BCUT2D eigenvalue weighted by Gasteiger charge is 2.10. The number of hydrogen-bond acceptors (Lipinski definition) is 5. The van der Waals surface area contributed by atoms with Crippen LogP contribution in [0.25, 0.3) is 22.6 Å². The molecule has 0 radical (unpaired) electrons. The quantitative estimate of drug-likeness (QED) is 0.652. The minimum Gasteiger partial charge on any atom is -0.382 e. The van der Waals surface area contributed by atoms with Crippen molar-refractivity contribution in [3.63, 3.8) is 0 Å². The van der Waals surface area contributed by atoms with E-state index >= 15 is 0 Å². The molecule has 0 spiro atoms. The number of H-pyrrole nitrogens is 1. The zero-order valence-electron chi connectivity index (χ0n) is 9.18. The van der Waals surface area contributed by atoms with Crippen molar-refractivity contribution in [3.05, 3.63) is 30.4 Å². The van der Waals surface area contributed by atoms with E-state index in [1.165, 1.54) is 6.33 Å². The van der Waals surface area contributed by atoms with Crippen LogP contribution in [-0.4, -0.2) is 24.9 Å². The van der Waals surface area contributed by atoms with Crippen molar-refractivity contribution in [1.29, 1.82) is 0 Å². The molecule has 0 aliphatic heterocycles. The third kappa shape index (κ3) is 1.50. The van der Waals surface area contributed by atoms with Crippen molar-refractivity contribution in [2.45, 2.75) is 6.92 Å². The van der Waals surface area contributed by atoms with Crippen molar-refractivity contribution < 1.29 is 0 Å². The summed E-state index contributed by atoms with van der Waals surface area (Å²) in [4.78, 5) is 19.6. The number of imidazole rings is 1. The molecule has 84 valence electrons. The van der Waals surface area contributed by atoms with E-state index in [1.54, 1.807) is 12.4 Å². The van der Waals surface area contributed by atoms with Crippen molar-refractivity contribution in [2.24, 2.45) is 0 Å². The number of hydrogen-bond donors (Lipinski definition) is 2. The number of pyridine rings is 1. The van der Waals surface area contributed by atoms with Gasteiger partial charge in [0.1, 0.15) is 17.7 Å². The predicted octanol–water partition coefficient (Wildman–Crippen LogP) is 1.31. The number of nitrogens with zero attached hydrogens (tertiary/aromatic N) is 4. The van der Waals surface area contributed by atoms with Crippen LogP contribution in [0.2, 0.25) is 0 Å². The zero-order chi connectivity index (χ0) is 11.8. The Bertz CT molecular complexity index is 687. The fourth-order valence-electron chi connectivity index (χ4n) is 1.71. The number of rotatable bonds is 1. The third-order valence-electron chi connectivity index (χ3n) is 2.59. The molecule has 3 aromatic rings. The lowest BCUT2D eigenvalue weighted by Gasteiger charge is -1.99. The van der Waals surface area contributed by atoms with Crippen molar-refractivity contribution in [1.82, 2.24) is 24.9 Å². The summed E-state index contributed by atoms with van der Waals surface area (Å²) in [5.41, 5.74) is 9.01. The van der Waals surface area contributed by atoms with Crippen LogP contribution in [0.4, 0.5) is 5.82 Å². The lowest BCUT2D eigenvalue weighted by atomic mass is 10.1. The molecule has 0 saturated carbocycles. The Morgan fingerprint density at radius 1 is 1.29 bits per heavy atom. The molecule has 0 amide bonds. The highest BCUT2D eigenvalue weighted by atomic mass is 15.0. The van der Waals surface area contributed by atoms with Gasteiger partial charge in [0.05, 0.1) is 0 Å². The van der Waals surface area contributed by atoms with Crippen LogP contribution in [-0.2, 0) is 0 Å². The molecule has 6 heteroatoms. The van der Waals surface area contributed by atoms with Gasteiger partial charge in [-0.3, -0.25) is 4.98 Å². The second-order valence-corrected chi connectivity index (χ2v) is 3.73. The van der Waals surface area contributed by atoms with Gasteiger partial charge < -0.3 is 10.7 Å². The van der Waals surface area contributed by atoms with Gasteiger partial charge in [0, 0.05) is 18.0 Å². The second kappa shape index (κ2) is 3.51. The zero-order valence-corrected chi connectivity index (χ0v) is 9.18. The molecule has 0 bridgehead atoms. The van der Waals surface area contributed by atoms with E-state index < -0.39 is 0 Å². The van der Waals surface area contributed by atoms with Crippen LogP contribution in [0, 0.1) is 6.92 Å². The minimum absolute atomic E-state index is 0.403. The molecule has 0 fully saturated rings. The molecule has 0 saturated heterocycles. The largest absolute Gasteiger partial charge is 0.382 e. The van der Waals surface area contributed by atoms with E-state index in [0.717, 1.165) is 17.0 Å². The average Bonchev–Trinajstić information content (AvgIpc) is 2.75. The minimum atomic E-state index is 0.403. The maximum absolute atomic E-state index is 5.75. The van der Waals surface area contributed by atoms with Gasteiger partial charge in [-0.25, -0.2) is 15.0 Å². The molecular formula is C11H10N6. The van der Waals surface area contributed by atoms with Crippen molar-refractivity contribution in [3.8, 4) is 11.4 Å². The van der Waals surface area contributed by atoms with E-state index in [9.17, 15) is 0 Å². The van der Waals surface area contributed by atoms with Gasteiger partial charge in [-0.05, 0) is 18.6 Å². The first kappa shape index (κ1) is 9.71. The Morgan fingerprint density at radius 2 is 2.18 bits per heavy atom. The first-order valence-electron chi connectivity index (χ1n) is 5.13. The van der Waals surface area contributed by atoms with E-state index in [2.05, 4.69) is 24.9 Å². The molecule has 0 unspecified atom stereocenters. The van der Waals surface area contributed by atoms with Gasteiger partial charge in [0.2, 0.25) is 0 Å². The Hall–Kier alpha value is -2.50. The van der Waals surface area contributed by atoms with Gasteiger partial charge in [0.15, 0.2) is 11.5 Å². The number of aromatic amines is 1. The summed E-state index contributed by atoms with van der Waals surface area (Å²) in [5.74, 6) is 1.13. The molecule has 3 rings (SSSR count). The molecule has 17 heavy (non-hydrogen) atoms. The number of aryl methyl sites for hydroxylation is 1. The third-order valence-corrected chi connectivity index (χ3v) is 2.59. The fourth-order valence-corrected chi connectivity index (χ4v) is 1.71. The van der Waals surface area contributed by atoms with E-state index in [-0.39, 0.29) is 0 Å². The van der Waals surface area contributed by atoms with Gasteiger partial charge in [-0.2, -0.15) is 0 Å². The molecular weight excluding hydrogens is 216 g/mol. The van der Waals surface area contributed by atoms with Gasteiger partial charge in [-0.15, -0.1) is 0 Å². The van der Waals surface area contributed by atoms with Crippen LogP contribution in [0.15, 0.2) is 24.8 Å². The summed E-state index contributed by atoms with van der Waals surface area (Å²) in [6, 6.07) is 1.90. The van der Waals surface area contributed by atoms with Gasteiger partial charge >= 0.3 is 0 Å². The van der Waals surface area contributed by atoms with Crippen LogP contribution in [0.3, 0.4) is 0 Å². The smallest absolute Gasteiger partial charge is 0.183 e. The lowest BCUT2D eigenvalue weighted by molar-refractivity contribution is 1.20. The number of anilines is 1. The molecule has 3 N–H and O–H groups in total. The van der Waals surface area contributed by atoms with Crippen LogP contribution >= 0.6 is 0 Å². The highest BCUT2D eigenvalue weighted by Crippen LogP contribution is 2.23. The number of nitrogens with one attached hydrogen (secondary N) is 1. The van der Waals surface area contributed by atoms with Gasteiger partial charge in [-0.1, -0.05) is 0 Å². The molecule has 0 atom stereocenters. The Kier molecular flexibility index (Phi) is 2.01. The second-order valence-electron chi connectivity index (χ2n) is 3.73. The molecule has 3 aromatic heterocycles. The van der Waals surface area contributed by atoms with Crippen molar-refractivity contribution >= 4 is 17.0 Å². The predicted molar refractivity (Wildman–Crippen MR) is 64.1 cm³/mol. The summed E-state index contributed by atoms with van der Waals surface area (Å²) in [6.07, 6.45) is 4.92. The molecule has 0 aliphatic carbocycles. The van der Waals surface area contributed by atoms with E-state index in [1.807, 2.05) is 13.0 Å². The number of aromatic nitrogens is 5. The SMILES string of the molecule is Cc1cnccc1-c1nc2ncnc(N)c2[nH]1. The fraction of sp³-hybridized carbons (Fsp3) is 0.0909. The summed E-state index contributed by atoms with van der Waals surface area (Å²) < 4.78 is 0. The van der Waals surface area contributed by atoms with E-state index in [0.29, 0.717) is 17.0 Å². The maximum Gasteiger partial charge on any atom is 0.183 e. The summed E-state index contributed by atoms with van der Waals surface area (Å²) in [7, 11) is 0. The summed E-state index contributed by atoms with van der Waals surface area (Å²) in [6.45, 7) is 1.98. The lowest BCUT2D eigenvalue weighted by Crippen LogP contribution is -1.91. The Morgan fingerprint density at radius 3 is 2.94 bits per heavy atom. The topological polar surface area (TPSA) is 93.4 Å². The first-order valence-corrected chi connectivity index (χ1v) is 5.13. The Balaban J connectivity index is 2.26. The monoisotopic (exact) mass is 226 g/mol. The number of fused-ring (bicyclic) bond motifs is 1. The van der Waals surface area contributed by atoms with E-state index in [4.69, 9.17) is 5.73 Å². The molecule has 3 heterocycles. The van der Waals surface area contributed by atoms with Crippen molar-refractivity contribution in [2.75, 3.05) is 5.73 Å². The molecule has 0 aromatic carbocycles. The average molecular weight is 226 g/mol. The first-order chi connectivity index (χ1) is 8.25. The molecule has 6 nitrogen and oxygen atoms in total. The Labute approximate surface area is 97.0 Å². The highest BCUT2D eigenvalue weighted by molar-refractivity contribution is 5.84. The van der Waals surface area contributed by atoms with Crippen LogP contribution < -0.4 is 5.73 Å². The normalized spacial score (nSPS) is 10.9. The maximum atomic E-state index is 5.75.